The number of nitrogens with one attached hydrogen (secondary N) is 1. The summed E-state index contributed by atoms with van der Waals surface area (Å²) >= 11 is 16.7. The summed E-state index contributed by atoms with van der Waals surface area (Å²) in [5.41, 5.74) is 1.31. The third-order valence-corrected chi connectivity index (χ3v) is 6.88. The molecule has 1 fully saturated rings. The van der Waals surface area contributed by atoms with Gasteiger partial charge >= 0.3 is 0 Å². The van der Waals surface area contributed by atoms with Crippen LogP contribution in [-0.2, 0) is 4.79 Å². The number of carbonyl (C=O) groups excluding carboxylic acids is 2. The van der Waals surface area contributed by atoms with E-state index in [9.17, 15) is 9.59 Å². The lowest BCUT2D eigenvalue weighted by molar-refractivity contribution is -0.119. The number of nitrogens with zero attached hydrogens (tertiary/aromatic N) is 3. The summed E-state index contributed by atoms with van der Waals surface area (Å²) < 4.78 is 0.970. The van der Waals surface area contributed by atoms with Crippen molar-refractivity contribution in [2.75, 3.05) is 11.9 Å². The maximum absolute atomic E-state index is 12.9. The molecule has 4 rings (SSSR count). The van der Waals surface area contributed by atoms with Crippen LogP contribution in [0.5, 0.6) is 0 Å². The first-order valence-electron chi connectivity index (χ1n) is 9.09. The van der Waals surface area contributed by atoms with Gasteiger partial charge in [-0.2, -0.15) is 0 Å². The van der Waals surface area contributed by atoms with E-state index in [1.807, 2.05) is 24.3 Å². The molecule has 10 heteroatoms. The summed E-state index contributed by atoms with van der Waals surface area (Å²) in [4.78, 5) is 27.3. The van der Waals surface area contributed by atoms with E-state index in [2.05, 4.69) is 31.4 Å². The van der Waals surface area contributed by atoms with E-state index in [4.69, 9.17) is 23.2 Å². The quantitative estimate of drug-likeness (QED) is 0.486. The summed E-state index contributed by atoms with van der Waals surface area (Å²) in [6, 6.07) is 11.8. The van der Waals surface area contributed by atoms with Gasteiger partial charge in [-0.3, -0.25) is 14.9 Å². The smallest absolute Gasteiger partial charge is 0.254 e. The number of benzene rings is 2. The van der Waals surface area contributed by atoms with Crippen molar-refractivity contribution in [2.45, 2.75) is 18.9 Å². The van der Waals surface area contributed by atoms with Gasteiger partial charge in [0.1, 0.15) is 11.0 Å². The Kier molecular flexibility index (Phi) is 6.38. The minimum absolute atomic E-state index is 0.251. The normalized spacial score (nSPS) is 16.0. The fourth-order valence-electron chi connectivity index (χ4n) is 3.25. The zero-order valence-electron chi connectivity index (χ0n) is 15.4. The van der Waals surface area contributed by atoms with Crippen molar-refractivity contribution >= 4 is 67.4 Å². The number of rotatable bonds is 4. The second-order valence-electron chi connectivity index (χ2n) is 6.69. The van der Waals surface area contributed by atoms with Crippen LogP contribution in [-0.4, -0.2) is 39.5 Å². The number of amides is 2. The highest BCUT2D eigenvalue weighted by Gasteiger charge is 2.35. The Labute approximate surface area is 195 Å². The molecule has 30 heavy (non-hydrogen) atoms. The van der Waals surface area contributed by atoms with Crippen LogP contribution in [0.3, 0.4) is 0 Å². The minimum atomic E-state index is -0.577. The molecule has 6 nitrogen and oxygen atoms in total. The zero-order chi connectivity index (χ0) is 21.3. The molecule has 0 aliphatic carbocycles. The van der Waals surface area contributed by atoms with Crippen LogP contribution in [0.1, 0.15) is 23.2 Å². The SMILES string of the molecule is O=C(Nc1nnc(-c2ccc(Br)cc2)s1)[C@H]1CCCN1C(=O)c1ccc(Cl)c(Cl)c1. The van der Waals surface area contributed by atoms with Gasteiger partial charge in [0.05, 0.1) is 10.0 Å². The standard InChI is InChI=1S/C20H15BrCl2N4O2S/c21-13-6-3-11(4-7-13)18-25-26-20(30-18)24-17(28)16-2-1-9-27(16)19(29)12-5-8-14(22)15(23)10-12/h3-8,10,16H,1-2,9H2,(H,24,26,28)/t16-/m1/s1. The number of likely N-dealkylation sites (tertiary alicyclic amines) is 1. The maximum atomic E-state index is 12.9. The third-order valence-electron chi connectivity index (χ3n) is 4.73. The molecule has 1 N–H and O–H groups in total. The Morgan fingerprint density at radius 1 is 1.10 bits per heavy atom. The average molecular weight is 526 g/mol. The van der Waals surface area contributed by atoms with Crippen LogP contribution in [0.25, 0.3) is 10.6 Å². The van der Waals surface area contributed by atoms with Crippen molar-refractivity contribution in [1.29, 1.82) is 0 Å². The van der Waals surface area contributed by atoms with Gasteiger partial charge in [0, 0.05) is 22.1 Å². The van der Waals surface area contributed by atoms with E-state index < -0.39 is 6.04 Å². The van der Waals surface area contributed by atoms with Gasteiger partial charge in [0.2, 0.25) is 11.0 Å². The predicted molar refractivity (Wildman–Crippen MR) is 122 cm³/mol. The van der Waals surface area contributed by atoms with Crippen LogP contribution in [0, 0.1) is 0 Å². The molecule has 1 aromatic heterocycles. The molecule has 0 bridgehead atoms. The summed E-state index contributed by atoms with van der Waals surface area (Å²) in [5, 5.41) is 12.8. The topological polar surface area (TPSA) is 75.2 Å². The van der Waals surface area contributed by atoms with Crippen LogP contribution in [0.15, 0.2) is 46.9 Å². The number of hydrogen-bond acceptors (Lipinski definition) is 5. The molecule has 1 atom stereocenters. The Balaban J connectivity index is 1.47. The molecule has 1 aliphatic rings. The van der Waals surface area contributed by atoms with Crippen molar-refractivity contribution < 1.29 is 9.59 Å². The lowest BCUT2D eigenvalue weighted by Gasteiger charge is -2.23. The monoisotopic (exact) mass is 524 g/mol. The van der Waals surface area contributed by atoms with E-state index in [0.29, 0.717) is 38.7 Å². The molecule has 3 aromatic rings. The van der Waals surface area contributed by atoms with Crippen molar-refractivity contribution in [3.8, 4) is 10.6 Å². The third kappa shape index (κ3) is 4.51. The first kappa shape index (κ1) is 21.2. The fraction of sp³-hybridized carbons (Fsp3) is 0.200. The number of carbonyl (C=O) groups is 2. The van der Waals surface area contributed by atoms with Gasteiger partial charge < -0.3 is 4.90 Å². The van der Waals surface area contributed by atoms with Gasteiger partial charge in [-0.1, -0.05) is 62.6 Å². The highest BCUT2D eigenvalue weighted by atomic mass is 79.9. The number of halogens is 3. The van der Waals surface area contributed by atoms with Crippen LogP contribution in [0.2, 0.25) is 10.0 Å². The molecule has 2 heterocycles. The Hall–Kier alpha value is -2.00. The molecule has 0 saturated carbocycles. The largest absolute Gasteiger partial charge is 0.327 e. The highest BCUT2D eigenvalue weighted by Crippen LogP contribution is 2.29. The second kappa shape index (κ2) is 9.01. The maximum Gasteiger partial charge on any atom is 0.254 e. The Morgan fingerprint density at radius 3 is 2.60 bits per heavy atom. The van der Waals surface area contributed by atoms with Gasteiger partial charge in [-0.25, -0.2) is 0 Å². The number of hydrogen-bond donors (Lipinski definition) is 1. The molecule has 0 unspecified atom stereocenters. The molecule has 1 aliphatic heterocycles. The first-order chi connectivity index (χ1) is 14.4. The van der Waals surface area contributed by atoms with E-state index in [1.54, 1.807) is 17.0 Å². The zero-order valence-corrected chi connectivity index (χ0v) is 19.4. The second-order valence-corrected chi connectivity index (χ2v) is 9.40. The summed E-state index contributed by atoms with van der Waals surface area (Å²) in [5.74, 6) is -0.529. The Morgan fingerprint density at radius 2 is 1.87 bits per heavy atom. The summed E-state index contributed by atoms with van der Waals surface area (Å²) in [6.45, 7) is 0.497. The lowest BCUT2D eigenvalue weighted by Crippen LogP contribution is -2.43. The minimum Gasteiger partial charge on any atom is -0.327 e. The highest BCUT2D eigenvalue weighted by molar-refractivity contribution is 9.10. The van der Waals surface area contributed by atoms with Crippen molar-refractivity contribution in [3.05, 3.63) is 62.5 Å². The van der Waals surface area contributed by atoms with E-state index in [0.717, 1.165) is 16.5 Å². The lowest BCUT2D eigenvalue weighted by atomic mass is 10.1. The molecule has 2 amide bonds. The van der Waals surface area contributed by atoms with E-state index in [1.165, 1.54) is 17.4 Å². The molecule has 0 radical (unpaired) electrons. The fourth-order valence-corrected chi connectivity index (χ4v) is 4.56. The Bertz CT molecular complexity index is 1110. The molecule has 0 spiro atoms. The van der Waals surface area contributed by atoms with E-state index in [-0.39, 0.29) is 11.8 Å². The first-order valence-corrected chi connectivity index (χ1v) is 11.5. The van der Waals surface area contributed by atoms with Crippen LogP contribution in [0.4, 0.5) is 5.13 Å². The van der Waals surface area contributed by atoms with Gasteiger partial charge in [-0.15, -0.1) is 10.2 Å². The van der Waals surface area contributed by atoms with Crippen molar-refractivity contribution in [3.63, 3.8) is 0 Å². The van der Waals surface area contributed by atoms with Crippen LogP contribution < -0.4 is 5.32 Å². The van der Waals surface area contributed by atoms with Crippen LogP contribution >= 0.6 is 50.5 Å². The number of aromatic nitrogens is 2. The molecule has 2 aromatic carbocycles. The summed E-state index contributed by atoms with van der Waals surface area (Å²) in [7, 11) is 0. The molecule has 154 valence electrons. The molecular formula is C20H15BrCl2N4O2S. The number of anilines is 1. The van der Waals surface area contributed by atoms with Gasteiger partial charge in [-0.05, 0) is 43.2 Å². The molecular weight excluding hydrogens is 511 g/mol. The average Bonchev–Trinajstić information content (AvgIpc) is 3.40. The molecule has 1 saturated heterocycles. The van der Waals surface area contributed by atoms with Crippen molar-refractivity contribution in [1.82, 2.24) is 15.1 Å². The van der Waals surface area contributed by atoms with Gasteiger partial charge in [0.25, 0.3) is 5.91 Å². The van der Waals surface area contributed by atoms with E-state index >= 15 is 0 Å². The van der Waals surface area contributed by atoms with Crippen molar-refractivity contribution in [2.24, 2.45) is 0 Å². The predicted octanol–water partition coefficient (Wildman–Crippen LogP) is 5.52. The van der Waals surface area contributed by atoms with Gasteiger partial charge in [0.15, 0.2) is 0 Å². The summed E-state index contributed by atoms with van der Waals surface area (Å²) in [6.07, 6.45) is 1.32.